The molecular weight excluding hydrogens is 213 g/mol. The van der Waals surface area contributed by atoms with E-state index in [1.54, 1.807) is 6.07 Å². The highest BCUT2D eigenvalue weighted by molar-refractivity contribution is 6.44. The van der Waals surface area contributed by atoms with Crippen molar-refractivity contribution in [2.24, 2.45) is 0 Å². The summed E-state index contributed by atoms with van der Waals surface area (Å²) >= 11 is 11.1. The maximum atomic E-state index is 10.7. The summed E-state index contributed by atoms with van der Waals surface area (Å²) in [6.07, 6.45) is 0. The van der Waals surface area contributed by atoms with Crippen LogP contribution in [0, 0.1) is 0 Å². The molecule has 0 spiro atoms. The molecule has 3 nitrogen and oxygen atoms in total. The van der Waals surface area contributed by atoms with Gasteiger partial charge in [-0.1, -0.05) is 12.1 Å². The van der Waals surface area contributed by atoms with Gasteiger partial charge in [-0.05, 0) is 6.07 Å². The highest BCUT2D eigenvalue weighted by Crippen LogP contribution is 2.30. The Balaban J connectivity index is 3.34. The Kier molecular flexibility index (Phi) is 3.01. The molecule has 13 heavy (non-hydrogen) atoms. The van der Waals surface area contributed by atoms with Gasteiger partial charge < -0.3 is 10.8 Å². The number of benzene rings is 1. The molecule has 70 valence electrons. The third-order valence-corrected chi connectivity index (χ3v) is 2.05. The Morgan fingerprint density at radius 2 is 2.08 bits per heavy atom. The van der Waals surface area contributed by atoms with Crippen LogP contribution < -0.4 is 5.73 Å². The number of anilines is 1. The van der Waals surface area contributed by atoms with Crippen LogP contribution in [0.1, 0.15) is 20.8 Å². The summed E-state index contributed by atoms with van der Waals surface area (Å²) in [5.74, 6) is -1.13. The number of hydrogen-bond donors (Lipinski definition) is 2. The smallest absolute Gasteiger partial charge is 0.338 e. The molecule has 5 heteroatoms. The van der Waals surface area contributed by atoms with Crippen LogP contribution in [0.2, 0.25) is 0 Å². The molecule has 0 aliphatic rings. The van der Waals surface area contributed by atoms with Crippen molar-refractivity contribution in [3.05, 3.63) is 29.3 Å². The number of carboxylic acid groups (broad SMARTS) is 1. The van der Waals surface area contributed by atoms with Crippen LogP contribution in [-0.2, 0) is 0 Å². The zero-order valence-corrected chi connectivity index (χ0v) is 8.01. The summed E-state index contributed by atoms with van der Waals surface area (Å²) in [6, 6.07) is 4.63. The van der Waals surface area contributed by atoms with Gasteiger partial charge in [0.15, 0.2) is 0 Å². The number of nitrogens with two attached hydrogens (primary N) is 1. The number of aromatic carboxylic acids is 1. The average Bonchev–Trinajstić information content (AvgIpc) is 2.02. The summed E-state index contributed by atoms with van der Waals surface area (Å²) < 4.78 is 0. The molecule has 0 saturated carbocycles. The second-order valence-corrected chi connectivity index (χ2v) is 3.51. The van der Waals surface area contributed by atoms with Gasteiger partial charge in [0, 0.05) is 11.3 Å². The van der Waals surface area contributed by atoms with E-state index in [0.717, 1.165) is 0 Å². The number of carbonyl (C=O) groups is 1. The number of alkyl halides is 2. The zero-order chi connectivity index (χ0) is 10.0. The van der Waals surface area contributed by atoms with Gasteiger partial charge in [-0.15, -0.1) is 23.2 Å². The van der Waals surface area contributed by atoms with E-state index < -0.39 is 10.8 Å². The van der Waals surface area contributed by atoms with Crippen molar-refractivity contribution in [3.63, 3.8) is 0 Å². The summed E-state index contributed by atoms with van der Waals surface area (Å²) in [5, 5.41) is 8.80. The molecule has 0 atom stereocenters. The monoisotopic (exact) mass is 219 g/mol. The topological polar surface area (TPSA) is 63.3 Å². The third kappa shape index (κ3) is 2.05. The van der Waals surface area contributed by atoms with Crippen LogP contribution in [0.5, 0.6) is 0 Å². The Morgan fingerprint density at radius 3 is 2.46 bits per heavy atom. The predicted molar refractivity (Wildman–Crippen MR) is 52.3 cm³/mol. The van der Waals surface area contributed by atoms with Crippen LogP contribution in [0.25, 0.3) is 0 Å². The van der Waals surface area contributed by atoms with Gasteiger partial charge in [0.2, 0.25) is 0 Å². The molecule has 0 unspecified atom stereocenters. The Bertz CT molecular complexity index is 339. The molecule has 0 fully saturated rings. The van der Waals surface area contributed by atoms with Gasteiger partial charge in [0.05, 0.1) is 5.56 Å². The summed E-state index contributed by atoms with van der Waals surface area (Å²) in [6.45, 7) is 0. The van der Waals surface area contributed by atoms with E-state index in [-0.39, 0.29) is 11.3 Å². The molecule has 1 aromatic carbocycles. The maximum absolute atomic E-state index is 10.7. The molecule has 0 aliphatic heterocycles. The standard InChI is InChI=1S/C8H7Cl2NO2/c9-7(10)4-2-1-3-5(11)6(4)8(12)13/h1-3,7H,11H2,(H,12,13). The van der Waals surface area contributed by atoms with Gasteiger partial charge in [-0.3, -0.25) is 0 Å². The SMILES string of the molecule is Nc1cccc(C(Cl)Cl)c1C(=O)O. The number of nitrogen functional groups attached to an aromatic ring is 1. The summed E-state index contributed by atoms with van der Waals surface area (Å²) in [7, 11) is 0. The normalized spacial score (nSPS) is 10.4. The van der Waals surface area contributed by atoms with Crippen LogP contribution >= 0.6 is 23.2 Å². The molecule has 0 amide bonds. The predicted octanol–water partition coefficient (Wildman–Crippen LogP) is 2.44. The molecule has 0 heterocycles. The first-order valence-electron chi connectivity index (χ1n) is 3.44. The van der Waals surface area contributed by atoms with Crippen LogP contribution in [0.3, 0.4) is 0 Å². The Labute approximate surface area is 85.1 Å². The van der Waals surface area contributed by atoms with Crippen LogP contribution in [0.15, 0.2) is 18.2 Å². The van der Waals surface area contributed by atoms with Crippen LogP contribution in [-0.4, -0.2) is 11.1 Å². The van der Waals surface area contributed by atoms with Crippen molar-refractivity contribution >= 4 is 34.9 Å². The lowest BCUT2D eigenvalue weighted by atomic mass is 10.1. The summed E-state index contributed by atoms with van der Waals surface area (Å²) in [5.41, 5.74) is 5.91. The molecule has 3 N–H and O–H groups in total. The van der Waals surface area contributed by atoms with Gasteiger partial charge in [0.25, 0.3) is 0 Å². The fourth-order valence-electron chi connectivity index (χ4n) is 1.02. The van der Waals surface area contributed by atoms with Gasteiger partial charge in [-0.25, -0.2) is 4.79 Å². The number of halogens is 2. The molecule has 0 aromatic heterocycles. The first-order chi connectivity index (χ1) is 6.04. The number of carboxylic acids is 1. The molecule has 1 aromatic rings. The zero-order valence-electron chi connectivity index (χ0n) is 6.50. The second-order valence-electron chi connectivity index (χ2n) is 2.42. The molecule has 0 radical (unpaired) electrons. The number of rotatable bonds is 2. The quantitative estimate of drug-likeness (QED) is 0.594. The Hall–Kier alpha value is -0.930. The average molecular weight is 220 g/mol. The van der Waals surface area contributed by atoms with Gasteiger partial charge in [0.1, 0.15) is 4.84 Å². The molecule has 0 saturated heterocycles. The van der Waals surface area contributed by atoms with Crippen molar-refractivity contribution in [2.75, 3.05) is 5.73 Å². The van der Waals surface area contributed by atoms with Gasteiger partial charge in [-0.2, -0.15) is 0 Å². The van der Waals surface area contributed by atoms with E-state index in [1.807, 2.05) is 0 Å². The fourth-order valence-corrected chi connectivity index (χ4v) is 1.38. The second kappa shape index (κ2) is 3.85. The highest BCUT2D eigenvalue weighted by Gasteiger charge is 2.17. The molecular formula is C8H7Cl2NO2. The minimum Gasteiger partial charge on any atom is -0.478 e. The molecule has 1 rings (SSSR count). The lowest BCUT2D eigenvalue weighted by Crippen LogP contribution is -2.06. The fraction of sp³-hybridized carbons (Fsp3) is 0.125. The lowest BCUT2D eigenvalue weighted by molar-refractivity contribution is 0.0697. The van der Waals surface area contributed by atoms with E-state index in [1.165, 1.54) is 12.1 Å². The van der Waals surface area contributed by atoms with Crippen molar-refractivity contribution in [1.29, 1.82) is 0 Å². The van der Waals surface area contributed by atoms with Crippen LogP contribution in [0.4, 0.5) is 5.69 Å². The Morgan fingerprint density at radius 1 is 1.46 bits per heavy atom. The van der Waals surface area contributed by atoms with Crippen molar-refractivity contribution in [2.45, 2.75) is 4.84 Å². The van der Waals surface area contributed by atoms with E-state index >= 15 is 0 Å². The first kappa shape index (κ1) is 10.2. The molecule has 0 aliphatic carbocycles. The number of hydrogen-bond acceptors (Lipinski definition) is 2. The van der Waals surface area contributed by atoms with Gasteiger partial charge >= 0.3 is 5.97 Å². The molecule has 0 bridgehead atoms. The van der Waals surface area contributed by atoms with Crippen molar-refractivity contribution in [1.82, 2.24) is 0 Å². The van der Waals surface area contributed by atoms with E-state index in [2.05, 4.69) is 0 Å². The van der Waals surface area contributed by atoms with E-state index in [4.69, 9.17) is 34.0 Å². The largest absolute Gasteiger partial charge is 0.478 e. The lowest BCUT2D eigenvalue weighted by Gasteiger charge is -2.08. The maximum Gasteiger partial charge on any atom is 0.338 e. The minimum atomic E-state index is -1.13. The van der Waals surface area contributed by atoms with E-state index in [0.29, 0.717) is 5.56 Å². The minimum absolute atomic E-state index is 0.0301. The first-order valence-corrected chi connectivity index (χ1v) is 4.31. The van der Waals surface area contributed by atoms with E-state index in [9.17, 15) is 4.79 Å². The van der Waals surface area contributed by atoms with Crippen molar-refractivity contribution < 1.29 is 9.90 Å². The highest BCUT2D eigenvalue weighted by atomic mass is 35.5. The third-order valence-electron chi connectivity index (χ3n) is 1.58. The van der Waals surface area contributed by atoms with Crippen molar-refractivity contribution in [3.8, 4) is 0 Å². The summed E-state index contributed by atoms with van der Waals surface area (Å²) in [4.78, 5) is 9.87.